The average molecular weight is 412 g/mol. The van der Waals surface area contributed by atoms with E-state index < -0.39 is 18.7 Å². The van der Waals surface area contributed by atoms with E-state index in [1.165, 1.54) is 5.56 Å². The molecular weight excluding hydrogens is 374 g/mol. The predicted octanol–water partition coefficient (Wildman–Crippen LogP) is 2.13. The number of aliphatic hydroxyl groups excluding tert-OH is 2. The molecule has 0 heterocycles. The number of carbonyl (C=O) groups is 1. The third kappa shape index (κ3) is 12.6. The van der Waals surface area contributed by atoms with Crippen molar-refractivity contribution < 1.29 is 29.6 Å². The summed E-state index contributed by atoms with van der Waals surface area (Å²) in [5, 5.41) is 31.5. The SMILES string of the molecule is CCC(C)OC(OCC[C@H](O)CCCCC(=O)NCCc1ccccc1)C(O)O. The van der Waals surface area contributed by atoms with Gasteiger partial charge in [0, 0.05) is 13.0 Å². The van der Waals surface area contributed by atoms with E-state index in [2.05, 4.69) is 5.32 Å². The zero-order valence-electron chi connectivity index (χ0n) is 17.6. The zero-order valence-corrected chi connectivity index (χ0v) is 17.6. The molecule has 0 aliphatic rings. The van der Waals surface area contributed by atoms with Gasteiger partial charge in [0.05, 0.1) is 18.8 Å². The first-order chi connectivity index (χ1) is 13.9. The first-order valence-electron chi connectivity index (χ1n) is 10.5. The van der Waals surface area contributed by atoms with Gasteiger partial charge < -0.3 is 30.1 Å². The highest BCUT2D eigenvalue weighted by Gasteiger charge is 2.20. The number of rotatable bonds is 16. The minimum atomic E-state index is -1.72. The van der Waals surface area contributed by atoms with Crippen molar-refractivity contribution in [1.82, 2.24) is 5.32 Å². The van der Waals surface area contributed by atoms with Crippen LogP contribution in [0.15, 0.2) is 30.3 Å². The van der Waals surface area contributed by atoms with Crippen LogP contribution in [0, 0.1) is 0 Å². The molecule has 0 saturated heterocycles. The highest BCUT2D eigenvalue weighted by atomic mass is 16.7. The Kier molecular flexibility index (Phi) is 13.5. The monoisotopic (exact) mass is 411 g/mol. The van der Waals surface area contributed by atoms with Gasteiger partial charge in [-0.05, 0) is 44.6 Å². The van der Waals surface area contributed by atoms with Crippen LogP contribution in [0.5, 0.6) is 0 Å². The minimum Gasteiger partial charge on any atom is -0.393 e. The lowest BCUT2D eigenvalue weighted by Crippen LogP contribution is -2.35. The molecule has 0 aliphatic heterocycles. The van der Waals surface area contributed by atoms with E-state index in [-0.39, 0.29) is 18.6 Å². The molecule has 1 aromatic carbocycles. The summed E-state index contributed by atoms with van der Waals surface area (Å²) in [4.78, 5) is 11.8. The number of hydrogen-bond donors (Lipinski definition) is 4. The number of carbonyl (C=O) groups excluding carboxylic acids is 1. The summed E-state index contributed by atoms with van der Waals surface area (Å²) in [6.45, 7) is 4.55. The minimum absolute atomic E-state index is 0.0284. The molecule has 0 aromatic heterocycles. The highest BCUT2D eigenvalue weighted by molar-refractivity contribution is 5.75. The quantitative estimate of drug-likeness (QED) is 0.245. The zero-order chi connectivity index (χ0) is 21.5. The first-order valence-corrected chi connectivity index (χ1v) is 10.5. The molecule has 166 valence electrons. The van der Waals surface area contributed by atoms with Gasteiger partial charge in [0.25, 0.3) is 0 Å². The highest BCUT2D eigenvalue weighted by Crippen LogP contribution is 2.10. The van der Waals surface area contributed by atoms with Crippen molar-refractivity contribution in [3.05, 3.63) is 35.9 Å². The lowest BCUT2D eigenvalue weighted by atomic mass is 10.1. The van der Waals surface area contributed by atoms with Crippen LogP contribution >= 0.6 is 0 Å². The maximum atomic E-state index is 11.8. The van der Waals surface area contributed by atoms with E-state index in [4.69, 9.17) is 9.47 Å². The fraction of sp³-hybridized carbons (Fsp3) is 0.682. The summed E-state index contributed by atoms with van der Waals surface area (Å²) in [6.07, 6.45) is 0.840. The van der Waals surface area contributed by atoms with Crippen molar-refractivity contribution in [2.45, 2.75) is 83.6 Å². The Morgan fingerprint density at radius 2 is 1.83 bits per heavy atom. The number of ether oxygens (including phenoxy) is 2. The largest absolute Gasteiger partial charge is 0.393 e. The summed E-state index contributed by atoms with van der Waals surface area (Å²) in [7, 11) is 0. The number of amides is 1. The second-order valence-corrected chi connectivity index (χ2v) is 7.28. The number of aliphatic hydroxyl groups is 3. The Labute approximate surface area is 174 Å². The van der Waals surface area contributed by atoms with Crippen LogP contribution in [0.25, 0.3) is 0 Å². The molecule has 3 atom stereocenters. The van der Waals surface area contributed by atoms with E-state index in [0.29, 0.717) is 32.2 Å². The molecule has 0 radical (unpaired) electrons. The van der Waals surface area contributed by atoms with Crippen molar-refractivity contribution in [3.8, 4) is 0 Å². The normalized spacial score (nSPS) is 14.6. The van der Waals surface area contributed by atoms with Gasteiger partial charge in [-0.25, -0.2) is 0 Å². The van der Waals surface area contributed by atoms with Gasteiger partial charge in [-0.2, -0.15) is 0 Å². The van der Waals surface area contributed by atoms with Crippen LogP contribution in [0.4, 0.5) is 0 Å². The second-order valence-electron chi connectivity index (χ2n) is 7.28. The summed E-state index contributed by atoms with van der Waals surface area (Å²) >= 11 is 0. The Morgan fingerprint density at radius 1 is 1.10 bits per heavy atom. The van der Waals surface area contributed by atoms with E-state index in [9.17, 15) is 20.1 Å². The first kappa shape index (κ1) is 25.5. The second kappa shape index (κ2) is 15.3. The fourth-order valence-corrected chi connectivity index (χ4v) is 2.73. The van der Waals surface area contributed by atoms with Gasteiger partial charge in [0.15, 0.2) is 0 Å². The molecular formula is C22H37NO6. The molecule has 7 nitrogen and oxygen atoms in total. The van der Waals surface area contributed by atoms with Crippen LogP contribution in [0.3, 0.4) is 0 Å². The van der Waals surface area contributed by atoms with Crippen LogP contribution in [0.2, 0.25) is 0 Å². The number of hydrogen-bond acceptors (Lipinski definition) is 6. The fourth-order valence-electron chi connectivity index (χ4n) is 2.73. The number of benzene rings is 1. The molecule has 1 rings (SSSR count). The van der Waals surface area contributed by atoms with Gasteiger partial charge in [-0.15, -0.1) is 0 Å². The standard InChI is InChI=1S/C22H37NO6/c1-3-17(2)29-22(21(26)27)28-16-14-19(24)11-7-8-12-20(25)23-15-13-18-9-5-4-6-10-18/h4-6,9-10,17,19,21-22,24,26-27H,3,7-8,11-16H2,1-2H3,(H,23,25)/t17?,19-,22?/m1/s1. The Bertz CT molecular complexity index is 539. The van der Waals surface area contributed by atoms with Crippen molar-refractivity contribution in [3.63, 3.8) is 0 Å². The maximum absolute atomic E-state index is 11.8. The molecule has 4 N–H and O–H groups in total. The van der Waals surface area contributed by atoms with Gasteiger partial charge in [-0.1, -0.05) is 43.7 Å². The average Bonchev–Trinajstić information content (AvgIpc) is 2.71. The molecule has 0 spiro atoms. The number of unbranched alkanes of at least 4 members (excludes halogenated alkanes) is 1. The van der Waals surface area contributed by atoms with Crippen molar-refractivity contribution in [2.75, 3.05) is 13.2 Å². The van der Waals surface area contributed by atoms with Crippen LogP contribution in [0.1, 0.15) is 57.9 Å². The van der Waals surface area contributed by atoms with E-state index in [1.807, 2.05) is 44.2 Å². The molecule has 0 aliphatic carbocycles. The Morgan fingerprint density at radius 3 is 2.48 bits per heavy atom. The molecule has 1 aromatic rings. The molecule has 2 unspecified atom stereocenters. The smallest absolute Gasteiger partial charge is 0.220 e. The maximum Gasteiger partial charge on any atom is 0.220 e. The molecule has 7 heteroatoms. The van der Waals surface area contributed by atoms with Crippen LogP contribution in [-0.2, 0) is 20.7 Å². The molecule has 0 fully saturated rings. The van der Waals surface area contributed by atoms with Gasteiger partial charge in [0.1, 0.15) is 0 Å². The molecule has 0 saturated carbocycles. The van der Waals surface area contributed by atoms with Gasteiger partial charge in [0.2, 0.25) is 18.5 Å². The topological polar surface area (TPSA) is 108 Å². The third-order valence-corrected chi connectivity index (χ3v) is 4.69. The Hall–Kier alpha value is -1.51. The van der Waals surface area contributed by atoms with Crippen molar-refractivity contribution >= 4 is 5.91 Å². The molecule has 1 amide bonds. The number of nitrogens with one attached hydrogen (secondary N) is 1. The van der Waals surface area contributed by atoms with Gasteiger partial charge >= 0.3 is 0 Å². The van der Waals surface area contributed by atoms with Crippen LogP contribution < -0.4 is 5.32 Å². The van der Waals surface area contributed by atoms with E-state index >= 15 is 0 Å². The summed E-state index contributed by atoms with van der Waals surface area (Å²) in [5.41, 5.74) is 1.20. The van der Waals surface area contributed by atoms with E-state index in [0.717, 1.165) is 19.3 Å². The molecule has 0 bridgehead atoms. The predicted molar refractivity (Wildman–Crippen MR) is 111 cm³/mol. The lowest BCUT2D eigenvalue weighted by Gasteiger charge is -2.23. The summed E-state index contributed by atoms with van der Waals surface area (Å²) < 4.78 is 10.7. The summed E-state index contributed by atoms with van der Waals surface area (Å²) in [6, 6.07) is 10.0. The van der Waals surface area contributed by atoms with Crippen molar-refractivity contribution in [1.29, 1.82) is 0 Å². The third-order valence-electron chi connectivity index (χ3n) is 4.69. The van der Waals surface area contributed by atoms with Gasteiger partial charge in [-0.3, -0.25) is 4.79 Å². The Balaban J connectivity index is 2.06. The van der Waals surface area contributed by atoms with Crippen LogP contribution in [-0.4, -0.2) is 59.2 Å². The summed E-state index contributed by atoms with van der Waals surface area (Å²) in [5.74, 6) is 0.0284. The lowest BCUT2D eigenvalue weighted by molar-refractivity contribution is -0.268. The van der Waals surface area contributed by atoms with Crippen molar-refractivity contribution in [2.24, 2.45) is 0 Å². The van der Waals surface area contributed by atoms with E-state index in [1.54, 1.807) is 0 Å². The molecule has 29 heavy (non-hydrogen) atoms.